The zero-order valence-corrected chi connectivity index (χ0v) is 20.4. The number of aromatic nitrogens is 5. The number of nitrogens with one attached hydrogen (secondary N) is 1. The van der Waals surface area contributed by atoms with Gasteiger partial charge in [0, 0.05) is 29.3 Å². The van der Waals surface area contributed by atoms with Crippen LogP contribution in [0, 0.1) is 0 Å². The Kier molecular flexibility index (Phi) is 6.74. The zero-order chi connectivity index (χ0) is 24.2. The fraction of sp³-hybridized carbons (Fsp3) is 0.115. The normalized spacial score (nSPS) is 11.0. The minimum absolute atomic E-state index is 0.175. The molecule has 0 fully saturated rings. The quantitative estimate of drug-likeness (QED) is 0.277. The number of benzene rings is 2. The molecule has 5 aromatic rings. The van der Waals surface area contributed by atoms with Crippen LogP contribution < -0.4 is 5.32 Å². The maximum atomic E-state index is 12.5. The predicted molar refractivity (Wildman–Crippen MR) is 140 cm³/mol. The molecule has 0 aliphatic carbocycles. The second-order valence-electron chi connectivity index (χ2n) is 7.69. The van der Waals surface area contributed by atoms with Crippen molar-refractivity contribution in [3.05, 3.63) is 84.0 Å². The van der Waals surface area contributed by atoms with Crippen LogP contribution in [0.5, 0.6) is 0 Å². The van der Waals surface area contributed by atoms with Gasteiger partial charge >= 0.3 is 0 Å². The molecule has 35 heavy (non-hydrogen) atoms. The van der Waals surface area contributed by atoms with Gasteiger partial charge in [0.05, 0.1) is 22.0 Å². The van der Waals surface area contributed by atoms with Gasteiger partial charge in [0.15, 0.2) is 11.0 Å². The molecular formula is C26H21ClN6OS. The lowest BCUT2D eigenvalue weighted by Gasteiger charge is -2.12. The van der Waals surface area contributed by atoms with E-state index < -0.39 is 0 Å². The van der Waals surface area contributed by atoms with Crippen molar-refractivity contribution in [1.29, 1.82) is 0 Å². The monoisotopic (exact) mass is 500 g/mol. The van der Waals surface area contributed by atoms with Crippen LogP contribution in [0.3, 0.4) is 0 Å². The minimum Gasteiger partial charge on any atom is -0.310 e. The highest BCUT2D eigenvalue weighted by Gasteiger charge is 2.18. The van der Waals surface area contributed by atoms with Crippen molar-refractivity contribution in [3.8, 4) is 22.6 Å². The molecule has 9 heteroatoms. The molecule has 1 amide bonds. The van der Waals surface area contributed by atoms with Crippen molar-refractivity contribution in [2.75, 3.05) is 11.1 Å². The van der Waals surface area contributed by atoms with E-state index in [0.29, 0.717) is 22.5 Å². The molecule has 174 valence electrons. The van der Waals surface area contributed by atoms with Gasteiger partial charge in [-0.2, -0.15) is 0 Å². The Morgan fingerprint density at radius 2 is 1.83 bits per heavy atom. The summed E-state index contributed by atoms with van der Waals surface area (Å²) >= 11 is 7.19. The number of anilines is 1. The van der Waals surface area contributed by atoms with Crippen LogP contribution in [0.4, 0.5) is 5.82 Å². The average molecular weight is 501 g/mol. The average Bonchev–Trinajstić information content (AvgIpc) is 3.31. The van der Waals surface area contributed by atoms with E-state index in [9.17, 15) is 4.79 Å². The Balaban J connectivity index is 1.45. The molecule has 1 N–H and O–H groups in total. The SMILES string of the molecule is CCn1c(SCC(=O)Nc2ccc(Cl)cn2)nnc1-c1cc(-c2ccccc2)nc2ccccc12. The lowest BCUT2D eigenvalue weighted by atomic mass is 10.0. The molecule has 0 atom stereocenters. The maximum absolute atomic E-state index is 12.5. The molecule has 0 saturated carbocycles. The molecule has 0 bridgehead atoms. The van der Waals surface area contributed by atoms with Gasteiger partial charge in [-0.25, -0.2) is 9.97 Å². The number of hydrogen-bond acceptors (Lipinski definition) is 6. The molecule has 3 aromatic heterocycles. The first kappa shape index (κ1) is 23.0. The van der Waals surface area contributed by atoms with Crippen molar-refractivity contribution in [2.24, 2.45) is 0 Å². The number of hydrogen-bond donors (Lipinski definition) is 1. The summed E-state index contributed by atoms with van der Waals surface area (Å²) in [6.45, 7) is 2.69. The molecule has 0 aliphatic rings. The van der Waals surface area contributed by atoms with Gasteiger partial charge in [-0.1, -0.05) is 71.9 Å². The van der Waals surface area contributed by atoms with Crippen LogP contribution >= 0.6 is 23.4 Å². The fourth-order valence-corrected chi connectivity index (χ4v) is 4.67. The summed E-state index contributed by atoms with van der Waals surface area (Å²) in [6, 6.07) is 23.5. The Hall–Kier alpha value is -3.75. The second-order valence-corrected chi connectivity index (χ2v) is 9.07. The molecule has 0 unspecified atom stereocenters. The van der Waals surface area contributed by atoms with Crippen LogP contribution in [0.1, 0.15) is 6.92 Å². The van der Waals surface area contributed by atoms with E-state index in [-0.39, 0.29) is 11.7 Å². The molecule has 0 aliphatic heterocycles. The van der Waals surface area contributed by atoms with Crippen LogP contribution in [0.15, 0.2) is 84.1 Å². The van der Waals surface area contributed by atoms with E-state index in [4.69, 9.17) is 16.6 Å². The third-order valence-electron chi connectivity index (χ3n) is 5.39. The number of amides is 1. The predicted octanol–water partition coefficient (Wildman–Crippen LogP) is 5.96. The molecular weight excluding hydrogens is 480 g/mol. The van der Waals surface area contributed by atoms with Crippen LogP contribution in [-0.4, -0.2) is 36.4 Å². The van der Waals surface area contributed by atoms with E-state index in [1.807, 2.05) is 66.1 Å². The highest BCUT2D eigenvalue weighted by Crippen LogP contribution is 2.33. The van der Waals surface area contributed by atoms with Crippen LogP contribution in [-0.2, 0) is 11.3 Å². The Labute approximate surface area is 211 Å². The molecule has 2 aromatic carbocycles. The summed E-state index contributed by atoms with van der Waals surface area (Å²) in [7, 11) is 0. The minimum atomic E-state index is -0.183. The van der Waals surface area contributed by atoms with E-state index in [2.05, 4.69) is 26.6 Å². The van der Waals surface area contributed by atoms with E-state index >= 15 is 0 Å². The standard InChI is InChI=1S/C26H21ClN6OS/c1-2-33-25(31-32-26(33)35-16-24(34)30-23-13-12-18(27)15-28-23)20-14-22(17-8-4-3-5-9-17)29-21-11-7-6-10-19(20)21/h3-15H,2,16H2,1H3,(H,28,30,34). The summed E-state index contributed by atoms with van der Waals surface area (Å²) in [5, 5.41) is 13.9. The summed E-state index contributed by atoms with van der Waals surface area (Å²) in [6.07, 6.45) is 1.49. The third kappa shape index (κ3) is 5.03. The highest BCUT2D eigenvalue weighted by atomic mass is 35.5. The number of nitrogens with zero attached hydrogens (tertiary/aromatic N) is 5. The molecule has 7 nitrogen and oxygen atoms in total. The maximum Gasteiger partial charge on any atom is 0.236 e. The van der Waals surface area contributed by atoms with Gasteiger partial charge in [0.1, 0.15) is 5.82 Å². The van der Waals surface area contributed by atoms with Crippen molar-refractivity contribution in [2.45, 2.75) is 18.6 Å². The summed E-state index contributed by atoms with van der Waals surface area (Å²) in [4.78, 5) is 21.4. The van der Waals surface area contributed by atoms with Gasteiger partial charge in [-0.05, 0) is 31.2 Å². The van der Waals surface area contributed by atoms with Crippen molar-refractivity contribution in [1.82, 2.24) is 24.7 Å². The highest BCUT2D eigenvalue weighted by molar-refractivity contribution is 7.99. The van der Waals surface area contributed by atoms with Crippen molar-refractivity contribution < 1.29 is 4.79 Å². The molecule has 0 saturated heterocycles. The Bertz CT molecular complexity index is 1490. The van der Waals surface area contributed by atoms with Crippen LogP contribution in [0.25, 0.3) is 33.5 Å². The number of carbonyl (C=O) groups is 1. The lowest BCUT2D eigenvalue weighted by Crippen LogP contribution is -2.15. The second kappa shape index (κ2) is 10.2. The zero-order valence-electron chi connectivity index (χ0n) is 18.9. The van der Waals surface area contributed by atoms with Gasteiger partial charge in [-0.15, -0.1) is 10.2 Å². The molecule has 5 rings (SSSR count). The molecule has 0 radical (unpaired) electrons. The topological polar surface area (TPSA) is 85.6 Å². The first-order chi connectivity index (χ1) is 17.1. The number of fused-ring (bicyclic) bond motifs is 1. The largest absolute Gasteiger partial charge is 0.310 e. The summed E-state index contributed by atoms with van der Waals surface area (Å²) in [5.74, 6) is 1.19. The van der Waals surface area contributed by atoms with Crippen LogP contribution in [0.2, 0.25) is 5.02 Å². The fourth-order valence-electron chi connectivity index (χ4n) is 3.76. The number of pyridine rings is 2. The smallest absolute Gasteiger partial charge is 0.236 e. The number of halogens is 1. The van der Waals surface area contributed by atoms with Gasteiger partial charge in [-0.3, -0.25) is 4.79 Å². The van der Waals surface area contributed by atoms with Gasteiger partial charge < -0.3 is 9.88 Å². The van der Waals surface area contributed by atoms with E-state index in [1.54, 1.807) is 12.1 Å². The summed E-state index contributed by atoms with van der Waals surface area (Å²) < 4.78 is 2.02. The van der Waals surface area contributed by atoms with Gasteiger partial charge in [0.25, 0.3) is 0 Å². The lowest BCUT2D eigenvalue weighted by molar-refractivity contribution is -0.113. The Morgan fingerprint density at radius 3 is 2.60 bits per heavy atom. The molecule has 0 spiro atoms. The first-order valence-electron chi connectivity index (χ1n) is 11.1. The number of carbonyl (C=O) groups excluding carboxylic acids is 1. The summed E-state index contributed by atoms with van der Waals surface area (Å²) in [5.41, 5.74) is 3.74. The van der Waals surface area contributed by atoms with Crippen molar-refractivity contribution in [3.63, 3.8) is 0 Å². The Morgan fingerprint density at radius 1 is 1.03 bits per heavy atom. The number of para-hydroxylation sites is 1. The first-order valence-corrected chi connectivity index (χ1v) is 12.4. The molecule has 3 heterocycles. The van der Waals surface area contributed by atoms with Gasteiger partial charge in [0.2, 0.25) is 5.91 Å². The number of thioether (sulfide) groups is 1. The van der Waals surface area contributed by atoms with E-state index in [0.717, 1.165) is 33.5 Å². The third-order valence-corrected chi connectivity index (χ3v) is 6.58. The number of rotatable bonds is 7. The van der Waals surface area contributed by atoms with Crippen molar-refractivity contribution >= 4 is 46.0 Å². The van der Waals surface area contributed by atoms with E-state index in [1.165, 1.54) is 18.0 Å².